The Kier molecular flexibility index (Phi) is 8.31. The highest BCUT2D eigenvalue weighted by Crippen LogP contribution is 2.40. The number of aromatic nitrogens is 5. The first-order valence-electron chi connectivity index (χ1n) is 16.8. The van der Waals surface area contributed by atoms with E-state index in [0.717, 1.165) is 110 Å². The Balaban J connectivity index is 1.37. The van der Waals surface area contributed by atoms with Gasteiger partial charge < -0.3 is 14.0 Å². The van der Waals surface area contributed by atoms with Crippen molar-refractivity contribution in [3.05, 3.63) is 99.4 Å². The van der Waals surface area contributed by atoms with Gasteiger partial charge in [0.25, 0.3) is 0 Å². The molecule has 0 radical (unpaired) electrons. The van der Waals surface area contributed by atoms with Crippen LogP contribution < -0.4 is 4.74 Å². The van der Waals surface area contributed by atoms with Crippen LogP contribution >= 0.6 is 0 Å². The van der Waals surface area contributed by atoms with E-state index < -0.39 is 0 Å². The predicted octanol–water partition coefficient (Wildman–Crippen LogP) is 7.75. The highest BCUT2D eigenvalue weighted by molar-refractivity contribution is 6.06. The van der Waals surface area contributed by atoms with Crippen molar-refractivity contribution in [3.8, 4) is 17.0 Å². The van der Waals surface area contributed by atoms with Crippen molar-refractivity contribution in [2.75, 3.05) is 13.7 Å². The van der Waals surface area contributed by atoms with Crippen LogP contribution in [-0.2, 0) is 44.1 Å². The van der Waals surface area contributed by atoms with Crippen LogP contribution in [0.3, 0.4) is 0 Å². The Bertz CT molecular complexity index is 2210. The van der Waals surface area contributed by atoms with Crippen molar-refractivity contribution in [1.82, 2.24) is 24.1 Å². The summed E-state index contributed by atoms with van der Waals surface area (Å²) in [7, 11) is 3.43. The molecule has 0 aliphatic carbocycles. The zero-order valence-corrected chi connectivity index (χ0v) is 28.6. The number of carbonyl (C=O) groups is 1. The number of ether oxygens (including phenoxy) is 2. The quantitative estimate of drug-likeness (QED) is 0.171. The fourth-order valence-electron chi connectivity index (χ4n) is 7.43. The molecule has 4 heterocycles. The molecular weight excluding hydrogens is 605 g/mol. The van der Waals surface area contributed by atoms with Crippen LogP contribution in [-0.4, -0.2) is 43.8 Å². The van der Waals surface area contributed by atoms with Gasteiger partial charge in [-0.25, -0.2) is 9.18 Å². The summed E-state index contributed by atoms with van der Waals surface area (Å²) in [5, 5.41) is 12.6. The molecule has 248 valence electrons. The third-order valence-electron chi connectivity index (χ3n) is 9.94. The van der Waals surface area contributed by atoms with Gasteiger partial charge in [0.15, 0.2) is 0 Å². The molecule has 0 fully saturated rings. The molecule has 1 aliphatic heterocycles. The zero-order valence-electron chi connectivity index (χ0n) is 28.6. The Morgan fingerprint density at radius 2 is 1.75 bits per heavy atom. The minimum absolute atomic E-state index is 0.272. The second-order valence-corrected chi connectivity index (χ2v) is 13.1. The largest absolute Gasteiger partial charge is 0.493 e. The summed E-state index contributed by atoms with van der Waals surface area (Å²) in [5.41, 5.74) is 11.2. The van der Waals surface area contributed by atoms with Gasteiger partial charge in [-0.05, 0) is 124 Å². The van der Waals surface area contributed by atoms with E-state index in [1.807, 2.05) is 18.7 Å². The second-order valence-electron chi connectivity index (χ2n) is 13.1. The van der Waals surface area contributed by atoms with Gasteiger partial charge in [0.2, 0.25) is 0 Å². The number of nitrogens with zero attached hydrogens (tertiary/aromatic N) is 5. The molecule has 0 saturated carbocycles. The lowest BCUT2D eigenvalue weighted by atomic mass is 9.95. The van der Waals surface area contributed by atoms with Gasteiger partial charge in [-0.2, -0.15) is 10.2 Å². The Morgan fingerprint density at radius 3 is 2.56 bits per heavy atom. The van der Waals surface area contributed by atoms with Gasteiger partial charge in [0.1, 0.15) is 17.3 Å². The third-order valence-corrected chi connectivity index (χ3v) is 9.94. The van der Waals surface area contributed by atoms with E-state index in [0.29, 0.717) is 25.3 Å². The van der Waals surface area contributed by atoms with Gasteiger partial charge in [-0.1, -0.05) is 12.1 Å². The van der Waals surface area contributed by atoms with Crippen molar-refractivity contribution < 1.29 is 18.7 Å². The maximum atomic E-state index is 14.3. The molecule has 7 rings (SSSR count). The maximum Gasteiger partial charge on any atom is 0.354 e. The molecule has 0 atom stereocenters. The number of methoxy groups -OCH3 is 1. The van der Waals surface area contributed by atoms with Crippen molar-refractivity contribution in [3.63, 3.8) is 0 Å². The molecule has 1 aliphatic rings. The molecule has 0 unspecified atom stereocenters. The molecule has 3 aromatic carbocycles. The molecule has 3 aromatic heterocycles. The number of hydrogen-bond donors (Lipinski definition) is 0. The maximum absolute atomic E-state index is 14.3. The first kappa shape index (κ1) is 31.7. The lowest BCUT2D eigenvalue weighted by Gasteiger charge is -2.15. The molecule has 0 spiro atoms. The van der Waals surface area contributed by atoms with Gasteiger partial charge in [0, 0.05) is 47.7 Å². The standard InChI is InChI=1S/C39H42FN5O3/c1-23-10-15-33-36-25(3)38(39(46)47-6)44(33)16-8-18-48-34-20-27(19-28-21-29(40)12-14-32(28)34)11-13-31-22-30(42-43(31)5)9-7-17-45-37(35(23)36)24(2)26(4)41-45/h10,12,14-15,19-22H,7-9,11,13,16-18H2,1-6H3. The van der Waals surface area contributed by atoms with E-state index >= 15 is 0 Å². The van der Waals surface area contributed by atoms with E-state index in [1.165, 1.54) is 13.2 Å². The molecule has 6 aromatic rings. The topological polar surface area (TPSA) is 76.1 Å². The van der Waals surface area contributed by atoms with Crippen molar-refractivity contribution in [1.29, 1.82) is 0 Å². The molecule has 8 nitrogen and oxygen atoms in total. The molecule has 48 heavy (non-hydrogen) atoms. The van der Waals surface area contributed by atoms with Crippen LogP contribution in [0.5, 0.6) is 5.75 Å². The Labute approximate surface area is 280 Å². The molecule has 9 heteroatoms. The summed E-state index contributed by atoms with van der Waals surface area (Å²) in [4.78, 5) is 13.3. The highest BCUT2D eigenvalue weighted by atomic mass is 19.1. The Morgan fingerprint density at radius 1 is 0.917 bits per heavy atom. The van der Waals surface area contributed by atoms with E-state index in [4.69, 9.17) is 19.7 Å². The smallest absolute Gasteiger partial charge is 0.354 e. The molecule has 0 N–H and O–H groups in total. The monoisotopic (exact) mass is 647 g/mol. The fourth-order valence-corrected chi connectivity index (χ4v) is 7.43. The number of esters is 1. The zero-order chi connectivity index (χ0) is 33.7. The Hall–Kier alpha value is -4.92. The second kappa shape index (κ2) is 12.6. The van der Waals surface area contributed by atoms with Crippen LogP contribution in [0.15, 0.2) is 48.5 Å². The molecular formula is C39H42FN5O3. The van der Waals surface area contributed by atoms with Gasteiger partial charge in [-0.15, -0.1) is 0 Å². The van der Waals surface area contributed by atoms with Crippen LogP contribution in [0.1, 0.15) is 62.7 Å². The first-order valence-corrected chi connectivity index (χ1v) is 16.8. The van der Waals surface area contributed by atoms with E-state index in [2.05, 4.69) is 60.4 Å². The third kappa shape index (κ3) is 5.55. The first-order chi connectivity index (χ1) is 23.1. The SMILES string of the molecule is COC(=O)c1c(C)c2c3c(C)ccc2n1CCCOc1cc(cc2cc(F)ccc12)CCc1cc(nn1C)CCCn1nc(C)c(C)c1-3. The number of rotatable bonds is 1. The summed E-state index contributed by atoms with van der Waals surface area (Å²) in [6, 6.07) is 15.4. The fraction of sp³-hybridized carbons (Fsp3) is 0.359. The summed E-state index contributed by atoms with van der Waals surface area (Å²) in [5.74, 6) is 0.101. The van der Waals surface area contributed by atoms with Crippen LogP contribution in [0.2, 0.25) is 0 Å². The molecule has 0 amide bonds. The normalized spacial score (nSPS) is 14.1. The lowest BCUT2D eigenvalue weighted by Crippen LogP contribution is -2.13. The summed E-state index contributed by atoms with van der Waals surface area (Å²) in [6.07, 6.45) is 3.93. The van der Waals surface area contributed by atoms with Crippen LogP contribution in [0.25, 0.3) is 32.9 Å². The van der Waals surface area contributed by atoms with E-state index in [1.54, 1.807) is 12.1 Å². The van der Waals surface area contributed by atoms with Crippen molar-refractivity contribution >= 4 is 27.6 Å². The number of hydrogen-bond acceptors (Lipinski definition) is 5. The van der Waals surface area contributed by atoms with Crippen molar-refractivity contribution in [2.45, 2.75) is 72.9 Å². The number of halogens is 1. The van der Waals surface area contributed by atoms with E-state index in [-0.39, 0.29) is 11.8 Å². The van der Waals surface area contributed by atoms with E-state index in [9.17, 15) is 9.18 Å². The van der Waals surface area contributed by atoms with Crippen LogP contribution in [0.4, 0.5) is 4.39 Å². The minimum atomic E-state index is -0.362. The predicted molar refractivity (Wildman–Crippen MR) is 186 cm³/mol. The molecule has 0 saturated heterocycles. The summed E-state index contributed by atoms with van der Waals surface area (Å²) >= 11 is 0. The number of benzene rings is 3. The average Bonchev–Trinajstić information content (AvgIpc) is 3.66. The number of fused-ring (bicyclic) bond motifs is 8. The number of carbonyl (C=O) groups excluding carboxylic acids is 1. The lowest BCUT2D eigenvalue weighted by molar-refractivity contribution is 0.0587. The summed E-state index contributed by atoms with van der Waals surface area (Å²) < 4.78 is 32.3. The average molecular weight is 648 g/mol. The summed E-state index contributed by atoms with van der Waals surface area (Å²) in [6.45, 7) is 10.1. The van der Waals surface area contributed by atoms with Crippen LogP contribution in [0, 0.1) is 33.5 Å². The highest BCUT2D eigenvalue weighted by Gasteiger charge is 2.27. The van der Waals surface area contributed by atoms with Gasteiger partial charge in [0.05, 0.1) is 30.8 Å². The van der Waals surface area contributed by atoms with Gasteiger partial charge >= 0.3 is 5.97 Å². The molecule has 8 bridgehead atoms. The van der Waals surface area contributed by atoms with Gasteiger partial charge in [-0.3, -0.25) is 9.36 Å². The number of aryl methyl sites for hydroxylation is 9. The van der Waals surface area contributed by atoms with Crippen molar-refractivity contribution in [2.24, 2.45) is 7.05 Å². The minimum Gasteiger partial charge on any atom is -0.493 e.